The molecule has 0 unspecified atom stereocenters. The van der Waals surface area contributed by atoms with Crippen LogP contribution in [0.5, 0.6) is 5.88 Å². The van der Waals surface area contributed by atoms with Crippen LogP contribution in [0.4, 0.5) is 0 Å². The predicted molar refractivity (Wildman–Crippen MR) is 89.7 cm³/mol. The number of ether oxygens (including phenoxy) is 1. The zero-order valence-electron chi connectivity index (χ0n) is 12.9. The van der Waals surface area contributed by atoms with Crippen LogP contribution >= 0.6 is 11.6 Å². The van der Waals surface area contributed by atoms with Gasteiger partial charge in [0.25, 0.3) is 0 Å². The number of nitrogens with zero attached hydrogens (tertiary/aromatic N) is 3. The first-order chi connectivity index (χ1) is 11.3. The van der Waals surface area contributed by atoms with Gasteiger partial charge < -0.3 is 9.64 Å². The van der Waals surface area contributed by atoms with Gasteiger partial charge in [-0.05, 0) is 18.6 Å². The molecule has 0 N–H and O–H groups in total. The van der Waals surface area contributed by atoms with Gasteiger partial charge >= 0.3 is 0 Å². The molecule has 5 nitrogen and oxygen atoms in total. The minimum absolute atomic E-state index is 0.0857. The van der Waals surface area contributed by atoms with Crippen molar-refractivity contribution in [2.75, 3.05) is 19.0 Å². The Balaban J connectivity index is 1.54. The minimum atomic E-state index is 0.0857. The van der Waals surface area contributed by atoms with Crippen LogP contribution < -0.4 is 4.74 Å². The predicted octanol–water partition coefficient (Wildman–Crippen LogP) is 3.02. The van der Waals surface area contributed by atoms with E-state index < -0.39 is 0 Å². The first-order valence-electron chi connectivity index (χ1n) is 7.98. The van der Waals surface area contributed by atoms with E-state index in [0.29, 0.717) is 18.2 Å². The smallest absolute Gasteiger partial charge is 0.233 e. The fourth-order valence-electron chi connectivity index (χ4n) is 2.77. The normalized spacial score (nSPS) is 15.8. The maximum Gasteiger partial charge on any atom is 0.233 e. The average molecular weight is 334 g/mol. The zero-order valence-corrected chi connectivity index (χ0v) is 13.7. The van der Waals surface area contributed by atoms with Gasteiger partial charge in [-0.2, -0.15) is 0 Å². The van der Waals surface area contributed by atoms with E-state index in [4.69, 9.17) is 16.3 Å². The van der Waals surface area contributed by atoms with Gasteiger partial charge in [0.05, 0.1) is 17.2 Å². The lowest BCUT2D eigenvalue weighted by atomic mass is 10.1. The Kier molecular flexibility index (Phi) is 5.28. The second-order valence-corrected chi connectivity index (χ2v) is 6.07. The van der Waals surface area contributed by atoms with E-state index in [0.717, 1.165) is 43.4 Å². The molecule has 1 amide bonds. The highest BCUT2D eigenvalue weighted by Crippen LogP contribution is 2.19. The maximum absolute atomic E-state index is 12.0. The van der Waals surface area contributed by atoms with Crippen LogP contribution in [-0.2, 0) is 4.79 Å². The third-order valence-corrected chi connectivity index (χ3v) is 4.30. The number of carbonyl (C=O) groups excluding carboxylic acids is 1. The molecule has 1 aromatic heterocycles. The van der Waals surface area contributed by atoms with Crippen LogP contribution in [0, 0.1) is 0 Å². The van der Waals surface area contributed by atoms with Crippen molar-refractivity contribution in [3.63, 3.8) is 0 Å². The van der Waals surface area contributed by atoms with Gasteiger partial charge in [-0.15, -0.1) is 11.6 Å². The standard InChI is InChI=1S/C17H20ClN3O2/c18-9-3-6-17(22)21-10-7-13(8-11-21)23-16-12-19-14-4-1-2-5-15(14)20-16/h1-2,4-5,12-13H,3,6-11H2. The quantitative estimate of drug-likeness (QED) is 0.789. The highest BCUT2D eigenvalue weighted by Gasteiger charge is 2.23. The number of fused-ring (bicyclic) bond motifs is 1. The molecule has 0 aliphatic carbocycles. The van der Waals surface area contributed by atoms with Crippen molar-refractivity contribution in [1.29, 1.82) is 0 Å². The Bertz CT molecular complexity index is 672. The van der Waals surface area contributed by atoms with E-state index in [1.54, 1.807) is 6.20 Å². The Morgan fingerprint density at radius 2 is 2.00 bits per heavy atom. The molecule has 1 aliphatic heterocycles. The molecule has 1 saturated heterocycles. The van der Waals surface area contributed by atoms with E-state index in [1.807, 2.05) is 29.2 Å². The Morgan fingerprint density at radius 1 is 1.26 bits per heavy atom. The number of likely N-dealkylation sites (tertiary alicyclic amines) is 1. The second kappa shape index (κ2) is 7.59. The summed E-state index contributed by atoms with van der Waals surface area (Å²) in [7, 11) is 0. The van der Waals surface area contributed by atoms with Gasteiger partial charge in [-0.3, -0.25) is 4.79 Å². The number of halogens is 1. The van der Waals surface area contributed by atoms with E-state index in [9.17, 15) is 4.79 Å². The van der Waals surface area contributed by atoms with Crippen LogP contribution in [-0.4, -0.2) is 45.8 Å². The highest BCUT2D eigenvalue weighted by atomic mass is 35.5. The van der Waals surface area contributed by atoms with Crippen molar-refractivity contribution in [3.05, 3.63) is 30.5 Å². The molecular formula is C17H20ClN3O2. The summed E-state index contributed by atoms with van der Waals surface area (Å²) in [5.41, 5.74) is 1.69. The number of hydrogen-bond acceptors (Lipinski definition) is 4. The van der Waals surface area contributed by atoms with Crippen molar-refractivity contribution >= 4 is 28.5 Å². The van der Waals surface area contributed by atoms with Crippen molar-refractivity contribution in [2.45, 2.75) is 31.8 Å². The SMILES string of the molecule is O=C(CCCCl)N1CCC(Oc2cnc3ccccc3n2)CC1. The van der Waals surface area contributed by atoms with E-state index in [1.165, 1.54) is 0 Å². The van der Waals surface area contributed by atoms with E-state index in [-0.39, 0.29) is 12.0 Å². The fourth-order valence-corrected chi connectivity index (χ4v) is 2.90. The van der Waals surface area contributed by atoms with Crippen molar-refractivity contribution in [2.24, 2.45) is 0 Å². The zero-order chi connectivity index (χ0) is 16.1. The van der Waals surface area contributed by atoms with Crippen molar-refractivity contribution in [1.82, 2.24) is 14.9 Å². The molecule has 2 heterocycles. The number of hydrogen-bond donors (Lipinski definition) is 0. The molecule has 1 aromatic carbocycles. The van der Waals surface area contributed by atoms with Crippen LogP contribution in [0.1, 0.15) is 25.7 Å². The van der Waals surface area contributed by atoms with Crippen molar-refractivity contribution < 1.29 is 9.53 Å². The van der Waals surface area contributed by atoms with E-state index in [2.05, 4.69) is 9.97 Å². The summed E-state index contributed by atoms with van der Waals surface area (Å²) in [5, 5.41) is 0. The summed E-state index contributed by atoms with van der Waals surface area (Å²) >= 11 is 5.64. The Labute approximate surface area is 140 Å². The molecule has 1 fully saturated rings. The Morgan fingerprint density at radius 3 is 2.74 bits per heavy atom. The largest absolute Gasteiger partial charge is 0.473 e. The van der Waals surface area contributed by atoms with E-state index >= 15 is 0 Å². The molecule has 0 radical (unpaired) electrons. The lowest BCUT2D eigenvalue weighted by Crippen LogP contribution is -2.41. The molecule has 2 aromatic rings. The third kappa shape index (κ3) is 4.10. The summed E-state index contributed by atoms with van der Waals surface area (Å²) in [6, 6.07) is 7.73. The lowest BCUT2D eigenvalue weighted by Gasteiger charge is -2.32. The van der Waals surface area contributed by atoms with Crippen molar-refractivity contribution in [3.8, 4) is 5.88 Å². The van der Waals surface area contributed by atoms with Crippen LogP contribution in [0.3, 0.4) is 0 Å². The molecule has 0 atom stereocenters. The van der Waals surface area contributed by atoms with Gasteiger partial charge in [-0.25, -0.2) is 9.97 Å². The third-order valence-electron chi connectivity index (χ3n) is 4.03. The summed E-state index contributed by atoms with van der Waals surface area (Å²) in [5.74, 6) is 1.27. The number of aromatic nitrogens is 2. The Hall–Kier alpha value is -1.88. The van der Waals surface area contributed by atoms with Gasteiger partial charge in [-0.1, -0.05) is 12.1 Å². The average Bonchev–Trinajstić information content (AvgIpc) is 2.60. The molecule has 1 aliphatic rings. The summed E-state index contributed by atoms with van der Waals surface area (Å²) in [4.78, 5) is 22.7. The molecule has 23 heavy (non-hydrogen) atoms. The first-order valence-corrected chi connectivity index (χ1v) is 8.52. The lowest BCUT2D eigenvalue weighted by molar-refractivity contribution is -0.133. The molecule has 0 bridgehead atoms. The number of alkyl halides is 1. The van der Waals surface area contributed by atoms with Crippen LogP contribution in [0.15, 0.2) is 30.5 Å². The molecule has 0 saturated carbocycles. The van der Waals surface area contributed by atoms with Gasteiger partial charge in [0.2, 0.25) is 11.8 Å². The molecule has 0 spiro atoms. The molecule has 3 rings (SSSR count). The molecule has 122 valence electrons. The van der Waals surface area contributed by atoms with Gasteiger partial charge in [0.15, 0.2) is 0 Å². The molecular weight excluding hydrogens is 314 g/mol. The maximum atomic E-state index is 12.0. The van der Waals surface area contributed by atoms with Crippen LogP contribution in [0.25, 0.3) is 11.0 Å². The number of benzene rings is 1. The minimum Gasteiger partial charge on any atom is -0.473 e. The number of amides is 1. The number of piperidine rings is 1. The fraction of sp³-hybridized carbons (Fsp3) is 0.471. The molecule has 6 heteroatoms. The number of rotatable bonds is 5. The van der Waals surface area contributed by atoms with Crippen LogP contribution in [0.2, 0.25) is 0 Å². The number of carbonyl (C=O) groups is 1. The summed E-state index contributed by atoms with van der Waals surface area (Å²) < 4.78 is 5.94. The second-order valence-electron chi connectivity index (χ2n) is 5.69. The van der Waals surface area contributed by atoms with Gasteiger partial charge in [0, 0.05) is 38.2 Å². The van der Waals surface area contributed by atoms with Gasteiger partial charge in [0.1, 0.15) is 6.10 Å². The monoisotopic (exact) mass is 333 g/mol. The summed E-state index contributed by atoms with van der Waals surface area (Å²) in [6.45, 7) is 1.46. The first kappa shape index (κ1) is 16.0. The highest BCUT2D eigenvalue weighted by molar-refractivity contribution is 6.17. The number of para-hydroxylation sites is 2. The summed E-state index contributed by atoms with van der Waals surface area (Å²) in [6.07, 6.45) is 4.67. The topological polar surface area (TPSA) is 55.3 Å².